The lowest BCUT2D eigenvalue weighted by molar-refractivity contribution is 0.285. The first-order chi connectivity index (χ1) is 22.8. The van der Waals surface area contributed by atoms with Gasteiger partial charge in [-0.3, -0.25) is 14.2 Å². The first-order valence-electron chi connectivity index (χ1n) is 14.3. The maximum atomic E-state index is 13.5. The molecule has 0 aliphatic heterocycles. The topological polar surface area (TPSA) is 175 Å². The molecule has 0 unspecified atom stereocenters. The minimum atomic E-state index is -0.763. The van der Waals surface area contributed by atoms with Gasteiger partial charge in [0.2, 0.25) is 11.2 Å². The molecule has 0 amide bonds. The molecule has 0 spiro atoms. The van der Waals surface area contributed by atoms with Gasteiger partial charge in [-0.2, -0.15) is 0 Å². The third kappa shape index (κ3) is 5.35. The quantitative estimate of drug-likeness (QED) is 0.213. The lowest BCUT2D eigenvalue weighted by Crippen LogP contribution is -2.27. The number of aromatic nitrogens is 5. The summed E-state index contributed by atoms with van der Waals surface area (Å²) in [4.78, 5) is 31.3. The minimum Gasteiger partial charge on any atom is -0.508 e. The largest absolute Gasteiger partial charge is 0.508 e. The van der Waals surface area contributed by atoms with E-state index in [0.717, 1.165) is 5.56 Å². The van der Waals surface area contributed by atoms with Gasteiger partial charge in [0.1, 0.15) is 47.3 Å². The molecule has 0 saturated carbocycles. The Bertz CT molecular complexity index is 2420. The van der Waals surface area contributed by atoms with Gasteiger partial charge >= 0.3 is 0 Å². The van der Waals surface area contributed by atoms with E-state index in [1.807, 2.05) is 36.4 Å². The summed E-state index contributed by atoms with van der Waals surface area (Å²) in [6.45, 7) is -0.0958. The molecule has 234 valence electrons. The second-order valence-electron chi connectivity index (χ2n) is 10.5. The highest BCUT2D eigenvalue weighted by atomic mass is 16.5. The maximum absolute atomic E-state index is 13.5. The van der Waals surface area contributed by atoms with E-state index in [1.54, 1.807) is 24.4 Å². The van der Waals surface area contributed by atoms with Crippen LogP contribution in [-0.4, -0.2) is 47.0 Å². The first kappa shape index (κ1) is 29.1. The van der Waals surface area contributed by atoms with Crippen LogP contribution in [-0.2, 0) is 13.3 Å². The van der Waals surface area contributed by atoms with Gasteiger partial charge in [0, 0.05) is 23.3 Å². The predicted molar refractivity (Wildman–Crippen MR) is 171 cm³/mol. The molecule has 3 N–H and O–H groups in total. The van der Waals surface area contributed by atoms with Crippen molar-refractivity contribution < 1.29 is 29.2 Å². The predicted octanol–water partition coefficient (Wildman–Crippen LogP) is 4.64. The number of fused-ring (bicyclic) bond motifs is 2. The highest BCUT2D eigenvalue weighted by Gasteiger charge is 2.21. The smallest absolute Gasteiger partial charge is 0.263 e. The fourth-order valence-corrected chi connectivity index (χ4v) is 5.26. The van der Waals surface area contributed by atoms with E-state index in [4.69, 9.17) is 18.9 Å². The van der Waals surface area contributed by atoms with Crippen molar-refractivity contribution in [2.75, 3.05) is 7.11 Å². The van der Waals surface area contributed by atoms with Crippen LogP contribution >= 0.6 is 0 Å². The van der Waals surface area contributed by atoms with E-state index in [2.05, 4.69) is 10.3 Å². The Morgan fingerprint density at radius 2 is 1.66 bits per heavy atom. The molecule has 3 aromatic heterocycles. The van der Waals surface area contributed by atoms with Crippen molar-refractivity contribution in [3.05, 3.63) is 117 Å². The maximum Gasteiger partial charge on any atom is 0.263 e. The Balaban J connectivity index is 1.16. The minimum absolute atomic E-state index is 0.00833. The van der Waals surface area contributed by atoms with Crippen LogP contribution in [0.5, 0.6) is 28.7 Å². The molecule has 0 bridgehead atoms. The number of para-hydroxylation sites is 1. The summed E-state index contributed by atoms with van der Waals surface area (Å²) in [5, 5.41) is 40.0. The molecular formula is C34H25N5O8. The van der Waals surface area contributed by atoms with Crippen molar-refractivity contribution in [2.45, 2.75) is 13.3 Å². The fourth-order valence-electron chi connectivity index (χ4n) is 5.26. The fraction of sp³-hybridized carbons (Fsp3) is 0.0882. The van der Waals surface area contributed by atoms with Crippen LogP contribution in [0.2, 0.25) is 0 Å². The van der Waals surface area contributed by atoms with Gasteiger partial charge in [0.25, 0.3) is 5.56 Å². The molecule has 47 heavy (non-hydrogen) atoms. The molecule has 13 nitrogen and oxygen atoms in total. The van der Waals surface area contributed by atoms with E-state index in [9.17, 15) is 24.9 Å². The standard InChI is InChI=1S/C34H25N5O8/c1-45-27-14-22(40)15-28-29(27)30(42)31(43)32(47-28)20-11-12-25(41)26(13-20)46-17-21-16-38(37-36-21)18-39-33(19-7-3-2-4-8-19)35-24-10-6-5-9-23(24)34(39)44/h2-16,40-41,43H,17-18H2,1H3. The third-order valence-electron chi connectivity index (χ3n) is 7.50. The SMILES string of the molecule is COc1cc(O)cc2oc(-c3ccc(O)c(OCc4cn(Cn5c(-c6ccccc6)nc6ccccc6c5=O)nn4)c3)c(O)c(=O)c12. The number of ether oxygens (including phenoxy) is 2. The average molecular weight is 632 g/mol. The summed E-state index contributed by atoms with van der Waals surface area (Å²) >= 11 is 0. The number of hydrogen-bond acceptors (Lipinski definition) is 11. The lowest BCUT2D eigenvalue weighted by Gasteiger charge is -2.13. The summed E-state index contributed by atoms with van der Waals surface area (Å²) in [5.41, 5.74) is 0.943. The number of hydrogen-bond donors (Lipinski definition) is 3. The number of methoxy groups -OCH3 is 1. The second-order valence-corrected chi connectivity index (χ2v) is 10.5. The molecule has 0 atom stereocenters. The molecule has 0 fully saturated rings. The van der Waals surface area contributed by atoms with Crippen molar-refractivity contribution in [3.63, 3.8) is 0 Å². The van der Waals surface area contributed by atoms with Gasteiger partial charge in [-0.1, -0.05) is 47.7 Å². The number of aromatic hydroxyl groups is 3. The summed E-state index contributed by atoms with van der Waals surface area (Å²) in [5.74, 6) is -0.782. The van der Waals surface area contributed by atoms with Crippen molar-refractivity contribution in [2.24, 2.45) is 0 Å². The van der Waals surface area contributed by atoms with E-state index in [1.165, 1.54) is 46.7 Å². The number of benzene rings is 4. The van der Waals surface area contributed by atoms with Gasteiger partial charge in [-0.05, 0) is 30.3 Å². The van der Waals surface area contributed by atoms with E-state index in [0.29, 0.717) is 22.4 Å². The van der Waals surface area contributed by atoms with Crippen LogP contribution in [0.4, 0.5) is 0 Å². The molecule has 3 heterocycles. The zero-order valence-corrected chi connectivity index (χ0v) is 24.7. The molecule has 0 saturated heterocycles. The number of nitrogens with zero attached hydrogens (tertiary/aromatic N) is 5. The van der Waals surface area contributed by atoms with Crippen molar-refractivity contribution in [1.82, 2.24) is 24.5 Å². The Labute approximate surface area is 264 Å². The summed E-state index contributed by atoms with van der Waals surface area (Å²) < 4.78 is 19.8. The van der Waals surface area contributed by atoms with Crippen molar-refractivity contribution >= 4 is 21.9 Å². The highest BCUT2D eigenvalue weighted by Crippen LogP contribution is 2.38. The monoisotopic (exact) mass is 631 g/mol. The van der Waals surface area contributed by atoms with Gasteiger partial charge in [0.05, 0.1) is 24.2 Å². The van der Waals surface area contributed by atoms with Gasteiger partial charge in [-0.25, -0.2) is 9.67 Å². The Morgan fingerprint density at radius 3 is 2.47 bits per heavy atom. The van der Waals surface area contributed by atoms with Crippen molar-refractivity contribution in [1.29, 1.82) is 0 Å². The van der Waals surface area contributed by atoms with Gasteiger partial charge in [-0.15, -0.1) is 5.10 Å². The molecule has 7 rings (SSSR count). The first-order valence-corrected chi connectivity index (χ1v) is 14.3. The lowest BCUT2D eigenvalue weighted by atomic mass is 10.1. The second kappa shape index (κ2) is 11.7. The highest BCUT2D eigenvalue weighted by molar-refractivity contribution is 5.88. The zero-order valence-electron chi connectivity index (χ0n) is 24.7. The molecule has 0 radical (unpaired) electrons. The number of phenolic OH excluding ortho intramolecular Hbond substituents is 2. The third-order valence-corrected chi connectivity index (χ3v) is 7.50. The van der Waals surface area contributed by atoms with E-state index < -0.39 is 11.2 Å². The summed E-state index contributed by atoms with van der Waals surface area (Å²) in [7, 11) is 1.32. The van der Waals surface area contributed by atoms with Crippen LogP contribution in [0.25, 0.3) is 44.6 Å². The van der Waals surface area contributed by atoms with Crippen LogP contribution < -0.4 is 20.5 Å². The zero-order chi connectivity index (χ0) is 32.7. The normalized spacial score (nSPS) is 11.3. The van der Waals surface area contributed by atoms with Crippen LogP contribution in [0, 0.1) is 0 Å². The summed E-state index contributed by atoms with van der Waals surface area (Å²) in [6, 6.07) is 23.1. The summed E-state index contributed by atoms with van der Waals surface area (Å²) in [6.07, 6.45) is 1.60. The Morgan fingerprint density at radius 1 is 0.872 bits per heavy atom. The number of phenols is 2. The molecule has 4 aromatic carbocycles. The molecule has 7 aromatic rings. The van der Waals surface area contributed by atoms with Gasteiger partial charge in [0.15, 0.2) is 17.3 Å². The Kier molecular flexibility index (Phi) is 7.25. The van der Waals surface area contributed by atoms with Crippen LogP contribution in [0.1, 0.15) is 5.69 Å². The average Bonchev–Trinajstić information content (AvgIpc) is 3.54. The molecule has 13 heteroatoms. The van der Waals surface area contributed by atoms with Gasteiger partial charge < -0.3 is 29.2 Å². The molecule has 0 aliphatic rings. The van der Waals surface area contributed by atoms with Crippen LogP contribution in [0.3, 0.4) is 0 Å². The molecular weight excluding hydrogens is 606 g/mol. The van der Waals surface area contributed by atoms with Crippen molar-refractivity contribution in [3.8, 4) is 51.5 Å². The van der Waals surface area contributed by atoms with E-state index >= 15 is 0 Å². The molecule has 0 aliphatic carbocycles. The Hall–Kier alpha value is -6.63. The van der Waals surface area contributed by atoms with Crippen LogP contribution in [0.15, 0.2) is 105 Å². The number of rotatable bonds is 8. The van der Waals surface area contributed by atoms with E-state index in [-0.39, 0.29) is 64.1 Å².